The SMILES string of the molecule is CCNCc1nc(CN(C)Cc2cccc(C)n2)cs1. The van der Waals surface area contributed by atoms with E-state index in [4.69, 9.17) is 0 Å². The number of pyridine rings is 1. The second kappa shape index (κ2) is 7.47. The first-order valence-electron chi connectivity index (χ1n) is 6.92. The minimum atomic E-state index is 0.849. The first-order chi connectivity index (χ1) is 9.67. The third-order valence-corrected chi connectivity index (χ3v) is 3.83. The predicted molar refractivity (Wildman–Crippen MR) is 83.6 cm³/mol. The van der Waals surface area contributed by atoms with Crippen molar-refractivity contribution in [2.24, 2.45) is 0 Å². The summed E-state index contributed by atoms with van der Waals surface area (Å²) >= 11 is 1.72. The summed E-state index contributed by atoms with van der Waals surface area (Å²) in [6.07, 6.45) is 0. The summed E-state index contributed by atoms with van der Waals surface area (Å²) in [4.78, 5) is 11.4. The summed E-state index contributed by atoms with van der Waals surface area (Å²) < 4.78 is 0. The average molecular weight is 290 g/mol. The van der Waals surface area contributed by atoms with Crippen LogP contribution in [-0.2, 0) is 19.6 Å². The molecule has 0 saturated carbocycles. The van der Waals surface area contributed by atoms with Crippen molar-refractivity contribution in [3.63, 3.8) is 0 Å². The average Bonchev–Trinajstić information content (AvgIpc) is 2.83. The Bertz CT molecular complexity index is 538. The number of aryl methyl sites for hydroxylation is 1. The molecule has 0 aliphatic heterocycles. The van der Waals surface area contributed by atoms with E-state index in [2.05, 4.69) is 51.7 Å². The van der Waals surface area contributed by atoms with Crippen molar-refractivity contribution in [1.82, 2.24) is 20.2 Å². The molecule has 20 heavy (non-hydrogen) atoms. The number of hydrogen-bond acceptors (Lipinski definition) is 5. The van der Waals surface area contributed by atoms with Gasteiger partial charge in [0.2, 0.25) is 0 Å². The van der Waals surface area contributed by atoms with E-state index in [1.165, 1.54) is 0 Å². The molecule has 0 aromatic carbocycles. The fraction of sp³-hybridized carbons (Fsp3) is 0.467. The van der Waals surface area contributed by atoms with Crippen LogP contribution in [0.5, 0.6) is 0 Å². The molecule has 4 nitrogen and oxygen atoms in total. The molecule has 0 fully saturated rings. The standard InChI is InChI=1S/C15H22N4S/c1-4-16-8-15-18-14(11-20-15)10-19(3)9-13-7-5-6-12(2)17-13/h5-7,11,16H,4,8-10H2,1-3H3. The number of thiazole rings is 1. The van der Waals surface area contributed by atoms with Gasteiger partial charge >= 0.3 is 0 Å². The Kier molecular flexibility index (Phi) is 5.64. The van der Waals surface area contributed by atoms with Crippen LogP contribution in [0.3, 0.4) is 0 Å². The molecule has 0 amide bonds. The van der Waals surface area contributed by atoms with Crippen molar-refractivity contribution < 1.29 is 0 Å². The topological polar surface area (TPSA) is 41.1 Å². The summed E-state index contributed by atoms with van der Waals surface area (Å²) in [5.41, 5.74) is 3.31. The molecule has 108 valence electrons. The largest absolute Gasteiger partial charge is 0.311 e. The zero-order chi connectivity index (χ0) is 14.4. The van der Waals surface area contributed by atoms with E-state index in [0.717, 1.165) is 48.3 Å². The fourth-order valence-corrected chi connectivity index (χ4v) is 2.79. The summed E-state index contributed by atoms with van der Waals surface area (Å²) in [7, 11) is 2.10. The molecular formula is C15H22N4S. The van der Waals surface area contributed by atoms with E-state index in [0.29, 0.717) is 0 Å². The Balaban J connectivity index is 1.87. The molecule has 0 bridgehead atoms. The third kappa shape index (κ3) is 4.67. The first kappa shape index (κ1) is 15.1. The highest BCUT2D eigenvalue weighted by Crippen LogP contribution is 2.12. The summed E-state index contributed by atoms with van der Waals surface area (Å²) in [6, 6.07) is 6.15. The minimum absolute atomic E-state index is 0.849. The molecule has 2 heterocycles. The van der Waals surface area contributed by atoms with Crippen LogP contribution < -0.4 is 5.32 Å². The molecule has 5 heteroatoms. The van der Waals surface area contributed by atoms with Crippen LogP contribution in [0.15, 0.2) is 23.6 Å². The maximum Gasteiger partial charge on any atom is 0.107 e. The number of rotatable bonds is 7. The minimum Gasteiger partial charge on any atom is -0.311 e. The van der Waals surface area contributed by atoms with E-state index in [1.54, 1.807) is 11.3 Å². The molecule has 2 aromatic heterocycles. The Morgan fingerprint density at radius 1 is 1.20 bits per heavy atom. The summed E-state index contributed by atoms with van der Waals surface area (Å²) in [5, 5.41) is 6.60. The van der Waals surface area contributed by atoms with Crippen molar-refractivity contribution in [3.8, 4) is 0 Å². The molecule has 2 rings (SSSR count). The molecule has 2 aromatic rings. The number of hydrogen-bond donors (Lipinski definition) is 1. The zero-order valence-electron chi connectivity index (χ0n) is 12.4. The normalized spacial score (nSPS) is 11.2. The predicted octanol–water partition coefficient (Wildman–Crippen LogP) is 2.59. The van der Waals surface area contributed by atoms with Crippen LogP contribution in [0.2, 0.25) is 0 Å². The van der Waals surface area contributed by atoms with Crippen molar-refractivity contribution in [3.05, 3.63) is 45.7 Å². The first-order valence-corrected chi connectivity index (χ1v) is 7.80. The van der Waals surface area contributed by atoms with Crippen molar-refractivity contribution in [2.45, 2.75) is 33.5 Å². The van der Waals surface area contributed by atoms with Gasteiger partial charge in [-0.15, -0.1) is 11.3 Å². The number of nitrogens with one attached hydrogen (secondary N) is 1. The molecule has 0 aliphatic rings. The Labute approximate surface area is 124 Å². The van der Waals surface area contributed by atoms with Gasteiger partial charge in [0.25, 0.3) is 0 Å². The van der Waals surface area contributed by atoms with Gasteiger partial charge < -0.3 is 5.32 Å². The van der Waals surface area contributed by atoms with Crippen LogP contribution in [0.25, 0.3) is 0 Å². The summed E-state index contributed by atoms with van der Waals surface area (Å²) in [6.45, 7) is 7.69. The maximum absolute atomic E-state index is 4.64. The second-order valence-corrected chi connectivity index (χ2v) is 5.90. The van der Waals surface area contributed by atoms with Gasteiger partial charge in [-0.05, 0) is 32.6 Å². The lowest BCUT2D eigenvalue weighted by atomic mass is 10.3. The van der Waals surface area contributed by atoms with Gasteiger partial charge in [0.1, 0.15) is 5.01 Å². The maximum atomic E-state index is 4.64. The molecule has 0 radical (unpaired) electrons. The smallest absolute Gasteiger partial charge is 0.107 e. The van der Waals surface area contributed by atoms with E-state index in [9.17, 15) is 0 Å². The van der Waals surface area contributed by atoms with Gasteiger partial charge in [-0.25, -0.2) is 4.98 Å². The molecule has 1 N–H and O–H groups in total. The van der Waals surface area contributed by atoms with Crippen LogP contribution in [0.4, 0.5) is 0 Å². The second-order valence-electron chi connectivity index (χ2n) is 4.96. The van der Waals surface area contributed by atoms with E-state index >= 15 is 0 Å². The lowest BCUT2D eigenvalue weighted by Crippen LogP contribution is -2.18. The van der Waals surface area contributed by atoms with Crippen LogP contribution >= 0.6 is 11.3 Å². The molecule has 0 spiro atoms. The molecule has 0 atom stereocenters. The van der Waals surface area contributed by atoms with Gasteiger partial charge in [0, 0.05) is 30.7 Å². The van der Waals surface area contributed by atoms with Gasteiger partial charge in [0.15, 0.2) is 0 Å². The number of nitrogens with zero attached hydrogens (tertiary/aromatic N) is 3. The monoisotopic (exact) mass is 290 g/mol. The van der Waals surface area contributed by atoms with Crippen molar-refractivity contribution in [2.75, 3.05) is 13.6 Å². The van der Waals surface area contributed by atoms with Crippen molar-refractivity contribution >= 4 is 11.3 Å². The molecule has 0 saturated heterocycles. The highest BCUT2D eigenvalue weighted by atomic mass is 32.1. The quantitative estimate of drug-likeness (QED) is 0.851. The third-order valence-electron chi connectivity index (χ3n) is 2.94. The van der Waals surface area contributed by atoms with Crippen LogP contribution in [-0.4, -0.2) is 28.5 Å². The fourth-order valence-electron chi connectivity index (χ4n) is 2.03. The lowest BCUT2D eigenvalue weighted by Gasteiger charge is -2.14. The molecular weight excluding hydrogens is 268 g/mol. The number of aromatic nitrogens is 2. The Hall–Kier alpha value is -1.30. The van der Waals surface area contributed by atoms with E-state index in [1.807, 2.05) is 13.0 Å². The van der Waals surface area contributed by atoms with E-state index < -0.39 is 0 Å². The van der Waals surface area contributed by atoms with Gasteiger partial charge in [-0.2, -0.15) is 0 Å². The molecule has 0 aliphatic carbocycles. The highest BCUT2D eigenvalue weighted by molar-refractivity contribution is 7.09. The van der Waals surface area contributed by atoms with Crippen molar-refractivity contribution in [1.29, 1.82) is 0 Å². The van der Waals surface area contributed by atoms with Crippen LogP contribution in [0, 0.1) is 6.92 Å². The lowest BCUT2D eigenvalue weighted by molar-refractivity contribution is 0.311. The van der Waals surface area contributed by atoms with Gasteiger partial charge in [-0.1, -0.05) is 13.0 Å². The Morgan fingerprint density at radius 3 is 2.75 bits per heavy atom. The highest BCUT2D eigenvalue weighted by Gasteiger charge is 2.06. The van der Waals surface area contributed by atoms with Gasteiger partial charge in [-0.3, -0.25) is 9.88 Å². The van der Waals surface area contributed by atoms with Crippen LogP contribution in [0.1, 0.15) is 29.0 Å². The van der Waals surface area contributed by atoms with Gasteiger partial charge in [0.05, 0.1) is 11.4 Å². The Morgan fingerprint density at radius 2 is 2.00 bits per heavy atom. The van der Waals surface area contributed by atoms with E-state index in [-0.39, 0.29) is 0 Å². The molecule has 0 unspecified atom stereocenters. The summed E-state index contributed by atoms with van der Waals surface area (Å²) in [5.74, 6) is 0. The zero-order valence-corrected chi connectivity index (χ0v) is 13.2.